The zero-order valence-corrected chi connectivity index (χ0v) is 15.6. The Morgan fingerprint density at radius 3 is 2.00 bits per heavy atom. The molecule has 4 nitrogen and oxygen atoms in total. The van der Waals surface area contributed by atoms with Crippen LogP contribution in [0.25, 0.3) is 22.5 Å². The number of unbranched alkanes of at least 4 members (excludes halogenated alkanes) is 3. The van der Waals surface area contributed by atoms with Gasteiger partial charge in [0, 0.05) is 18.0 Å². The summed E-state index contributed by atoms with van der Waals surface area (Å²) in [5.74, 6) is 1.53. The van der Waals surface area contributed by atoms with Crippen LogP contribution in [-0.4, -0.2) is 16.6 Å². The third-order valence-corrected chi connectivity index (χ3v) is 4.38. The molecule has 0 aliphatic carbocycles. The third kappa shape index (κ3) is 5.15. The standard InChI is InChI=1S/C23H23N3O/c1-2-3-4-5-14-27-22-12-10-20(11-13-22)19-6-8-21(9-7-19)23-25-16-18(15-24)17-26-23/h6-13,16-17H,2-5,14H2,1H3. The average Bonchev–Trinajstić information content (AvgIpc) is 2.74. The molecule has 0 spiro atoms. The van der Waals surface area contributed by atoms with E-state index in [1.807, 2.05) is 30.3 Å². The Kier molecular flexibility index (Phi) is 6.54. The van der Waals surface area contributed by atoms with Crippen molar-refractivity contribution in [2.75, 3.05) is 6.61 Å². The largest absolute Gasteiger partial charge is 0.494 e. The fraction of sp³-hybridized carbons (Fsp3) is 0.261. The molecule has 3 aromatic rings. The molecule has 1 aromatic heterocycles. The molecule has 2 aromatic carbocycles. The molecule has 1 heterocycles. The fourth-order valence-corrected chi connectivity index (χ4v) is 2.81. The molecule has 0 saturated carbocycles. The molecule has 0 amide bonds. The molecule has 27 heavy (non-hydrogen) atoms. The van der Waals surface area contributed by atoms with Gasteiger partial charge in [-0.1, -0.05) is 62.6 Å². The maximum Gasteiger partial charge on any atom is 0.159 e. The first kappa shape index (κ1) is 18.6. The van der Waals surface area contributed by atoms with Crippen LogP contribution in [0.4, 0.5) is 0 Å². The second-order valence-corrected chi connectivity index (χ2v) is 6.42. The second kappa shape index (κ2) is 9.49. The molecular formula is C23H23N3O. The number of nitrogens with zero attached hydrogens (tertiary/aromatic N) is 3. The van der Waals surface area contributed by atoms with Crippen LogP contribution in [0, 0.1) is 11.3 Å². The molecule has 4 heteroatoms. The minimum Gasteiger partial charge on any atom is -0.494 e. The summed E-state index contributed by atoms with van der Waals surface area (Å²) < 4.78 is 5.80. The highest BCUT2D eigenvalue weighted by molar-refractivity contribution is 5.68. The van der Waals surface area contributed by atoms with E-state index in [9.17, 15) is 0 Å². The normalized spacial score (nSPS) is 10.4. The number of benzene rings is 2. The minimum atomic E-state index is 0.461. The van der Waals surface area contributed by atoms with Gasteiger partial charge < -0.3 is 4.74 Å². The molecule has 0 saturated heterocycles. The summed E-state index contributed by atoms with van der Waals surface area (Å²) in [6.45, 7) is 2.99. The summed E-state index contributed by atoms with van der Waals surface area (Å²) in [5.41, 5.74) is 3.65. The SMILES string of the molecule is CCCCCCOc1ccc(-c2ccc(-c3ncc(C#N)cn3)cc2)cc1. The van der Waals surface area contributed by atoms with Gasteiger partial charge in [0.15, 0.2) is 5.82 Å². The van der Waals surface area contributed by atoms with E-state index in [2.05, 4.69) is 41.2 Å². The van der Waals surface area contributed by atoms with Crippen LogP contribution in [0.5, 0.6) is 5.75 Å². The summed E-state index contributed by atoms with van der Waals surface area (Å²) in [5, 5.41) is 8.82. The van der Waals surface area contributed by atoms with Gasteiger partial charge >= 0.3 is 0 Å². The van der Waals surface area contributed by atoms with Gasteiger partial charge in [0.1, 0.15) is 11.8 Å². The first-order chi connectivity index (χ1) is 13.3. The van der Waals surface area contributed by atoms with E-state index in [0.29, 0.717) is 11.4 Å². The van der Waals surface area contributed by atoms with Crippen molar-refractivity contribution >= 4 is 0 Å². The number of hydrogen-bond acceptors (Lipinski definition) is 4. The number of aromatic nitrogens is 2. The van der Waals surface area contributed by atoms with E-state index in [4.69, 9.17) is 10.00 Å². The molecule has 0 aliphatic rings. The Labute approximate surface area is 160 Å². The van der Waals surface area contributed by atoms with Crippen molar-refractivity contribution < 1.29 is 4.74 Å². The highest BCUT2D eigenvalue weighted by atomic mass is 16.5. The Morgan fingerprint density at radius 2 is 1.41 bits per heavy atom. The van der Waals surface area contributed by atoms with Crippen LogP contribution < -0.4 is 4.74 Å². The Bertz CT molecular complexity index is 879. The summed E-state index contributed by atoms with van der Waals surface area (Å²) in [6.07, 6.45) is 7.92. The lowest BCUT2D eigenvalue weighted by molar-refractivity contribution is 0.305. The van der Waals surface area contributed by atoms with E-state index >= 15 is 0 Å². The number of rotatable bonds is 8. The van der Waals surface area contributed by atoms with Gasteiger partial charge in [0.25, 0.3) is 0 Å². The van der Waals surface area contributed by atoms with Crippen molar-refractivity contribution in [2.24, 2.45) is 0 Å². The molecule has 0 aliphatic heterocycles. The van der Waals surface area contributed by atoms with Crippen LogP contribution >= 0.6 is 0 Å². The zero-order chi connectivity index (χ0) is 18.9. The van der Waals surface area contributed by atoms with Gasteiger partial charge in [0.05, 0.1) is 12.2 Å². The summed E-state index contributed by atoms with van der Waals surface area (Å²) in [4.78, 5) is 8.46. The van der Waals surface area contributed by atoms with Gasteiger partial charge in [-0.2, -0.15) is 5.26 Å². The van der Waals surface area contributed by atoms with Crippen LogP contribution in [-0.2, 0) is 0 Å². The first-order valence-electron chi connectivity index (χ1n) is 9.36. The van der Waals surface area contributed by atoms with E-state index in [1.165, 1.54) is 31.7 Å². The smallest absolute Gasteiger partial charge is 0.159 e. The van der Waals surface area contributed by atoms with E-state index in [1.54, 1.807) is 0 Å². The Hall–Kier alpha value is -3.19. The van der Waals surface area contributed by atoms with Crippen molar-refractivity contribution in [3.8, 4) is 34.3 Å². The Morgan fingerprint density at radius 1 is 0.815 bits per heavy atom. The molecule has 0 bridgehead atoms. The van der Waals surface area contributed by atoms with Crippen molar-refractivity contribution in [1.29, 1.82) is 5.26 Å². The number of hydrogen-bond donors (Lipinski definition) is 0. The van der Waals surface area contributed by atoms with Crippen molar-refractivity contribution in [2.45, 2.75) is 32.6 Å². The van der Waals surface area contributed by atoms with Crippen molar-refractivity contribution in [3.63, 3.8) is 0 Å². The molecular weight excluding hydrogens is 334 g/mol. The molecule has 0 unspecified atom stereocenters. The van der Waals surface area contributed by atoms with Gasteiger partial charge in [-0.05, 0) is 29.7 Å². The summed E-state index contributed by atoms with van der Waals surface area (Å²) >= 11 is 0. The van der Waals surface area contributed by atoms with E-state index in [-0.39, 0.29) is 0 Å². The van der Waals surface area contributed by atoms with Crippen molar-refractivity contribution in [3.05, 3.63) is 66.5 Å². The maximum absolute atomic E-state index is 8.82. The molecule has 3 rings (SSSR count). The van der Waals surface area contributed by atoms with Crippen LogP contribution in [0.15, 0.2) is 60.9 Å². The monoisotopic (exact) mass is 357 g/mol. The first-order valence-corrected chi connectivity index (χ1v) is 9.36. The van der Waals surface area contributed by atoms with Gasteiger partial charge in [-0.3, -0.25) is 0 Å². The van der Waals surface area contributed by atoms with Crippen molar-refractivity contribution in [1.82, 2.24) is 9.97 Å². The predicted molar refractivity (Wildman–Crippen MR) is 107 cm³/mol. The van der Waals surface area contributed by atoms with Gasteiger partial charge in [-0.25, -0.2) is 9.97 Å². The van der Waals surface area contributed by atoms with Gasteiger partial charge in [0.2, 0.25) is 0 Å². The third-order valence-electron chi connectivity index (χ3n) is 4.38. The van der Waals surface area contributed by atoms with E-state index in [0.717, 1.165) is 35.5 Å². The van der Waals surface area contributed by atoms with Crippen LogP contribution in [0.3, 0.4) is 0 Å². The summed E-state index contributed by atoms with van der Waals surface area (Å²) in [7, 11) is 0. The predicted octanol–water partition coefficient (Wildman–Crippen LogP) is 5.64. The maximum atomic E-state index is 8.82. The number of nitriles is 1. The molecule has 0 atom stereocenters. The fourth-order valence-electron chi connectivity index (χ4n) is 2.81. The highest BCUT2D eigenvalue weighted by Crippen LogP contribution is 2.25. The zero-order valence-electron chi connectivity index (χ0n) is 15.6. The van der Waals surface area contributed by atoms with Crippen LogP contribution in [0.1, 0.15) is 38.2 Å². The quantitative estimate of drug-likeness (QED) is 0.489. The topological polar surface area (TPSA) is 58.8 Å². The van der Waals surface area contributed by atoms with Gasteiger partial charge in [-0.15, -0.1) is 0 Å². The molecule has 0 N–H and O–H groups in total. The second-order valence-electron chi connectivity index (χ2n) is 6.42. The Balaban J connectivity index is 1.62. The highest BCUT2D eigenvalue weighted by Gasteiger charge is 2.04. The molecule has 136 valence electrons. The lowest BCUT2D eigenvalue weighted by atomic mass is 10.0. The lowest BCUT2D eigenvalue weighted by Gasteiger charge is -2.08. The molecule has 0 radical (unpaired) electrons. The lowest BCUT2D eigenvalue weighted by Crippen LogP contribution is -1.96. The molecule has 0 fully saturated rings. The number of ether oxygens (including phenoxy) is 1. The summed E-state index contributed by atoms with van der Waals surface area (Å²) in [6, 6.07) is 18.3. The van der Waals surface area contributed by atoms with Crippen LogP contribution in [0.2, 0.25) is 0 Å². The van der Waals surface area contributed by atoms with E-state index < -0.39 is 0 Å². The minimum absolute atomic E-state index is 0.461. The average molecular weight is 357 g/mol.